The van der Waals surface area contributed by atoms with Crippen molar-refractivity contribution in [2.75, 3.05) is 12.4 Å². The Morgan fingerprint density at radius 2 is 2.00 bits per heavy atom. The molecule has 2 aromatic carbocycles. The van der Waals surface area contributed by atoms with Gasteiger partial charge in [0.05, 0.1) is 11.6 Å². The van der Waals surface area contributed by atoms with E-state index >= 15 is 0 Å². The molecule has 0 saturated heterocycles. The quantitative estimate of drug-likeness (QED) is 0.913. The molecule has 0 aromatic heterocycles. The van der Waals surface area contributed by atoms with Gasteiger partial charge in [0.2, 0.25) is 0 Å². The highest BCUT2D eigenvalue weighted by atomic mass is 79.9. The molecule has 1 amide bonds. The molecule has 0 aliphatic carbocycles. The lowest BCUT2D eigenvalue weighted by Gasteiger charge is -2.09. The average molecular weight is 338 g/mol. The van der Waals surface area contributed by atoms with Crippen molar-refractivity contribution in [2.45, 2.75) is 6.92 Å². The average Bonchev–Trinajstić information content (AvgIpc) is 2.43. The number of aryl methyl sites for hydroxylation is 1. The number of ether oxygens (including phenoxy) is 1. The van der Waals surface area contributed by atoms with Gasteiger partial charge in [0.1, 0.15) is 11.6 Å². The van der Waals surface area contributed by atoms with Gasteiger partial charge in [-0.1, -0.05) is 6.07 Å². The van der Waals surface area contributed by atoms with Gasteiger partial charge in [0.25, 0.3) is 5.91 Å². The molecule has 0 aliphatic rings. The maximum atomic E-state index is 13.1. The smallest absolute Gasteiger partial charge is 0.255 e. The van der Waals surface area contributed by atoms with E-state index in [0.29, 0.717) is 21.5 Å². The monoisotopic (exact) mass is 337 g/mol. The van der Waals surface area contributed by atoms with Crippen molar-refractivity contribution in [1.29, 1.82) is 0 Å². The number of hydrogen-bond donors (Lipinski definition) is 1. The van der Waals surface area contributed by atoms with Crippen molar-refractivity contribution in [3.8, 4) is 5.75 Å². The fourth-order valence-electron chi connectivity index (χ4n) is 1.74. The predicted octanol–water partition coefficient (Wildman–Crippen LogP) is 4.16. The maximum Gasteiger partial charge on any atom is 0.255 e. The normalized spacial score (nSPS) is 10.2. The van der Waals surface area contributed by atoms with Crippen LogP contribution >= 0.6 is 15.9 Å². The molecule has 3 nitrogen and oxygen atoms in total. The van der Waals surface area contributed by atoms with Crippen LogP contribution in [0, 0.1) is 12.7 Å². The summed E-state index contributed by atoms with van der Waals surface area (Å²) in [6.45, 7) is 1.90. The first kappa shape index (κ1) is 14.5. The second-order valence-corrected chi connectivity index (χ2v) is 5.12. The Hall–Kier alpha value is -1.88. The van der Waals surface area contributed by atoms with Crippen LogP contribution in [0.25, 0.3) is 0 Å². The molecule has 0 fully saturated rings. The summed E-state index contributed by atoms with van der Waals surface area (Å²) >= 11 is 3.08. The molecule has 0 unspecified atom stereocenters. The number of carbonyl (C=O) groups is 1. The number of benzene rings is 2. The summed E-state index contributed by atoms with van der Waals surface area (Å²) in [6, 6.07) is 9.50. The first-order chi connectivity index (χ1) is 9.51. The Balaban J connectivity index is 2.21. The SMILES string of the molecule is COc1cc(C(=O)Nc2ccc(F)c(Br)c2)ccc1C. The van der Waals surface area contributed by atoms with Crippen LogP contribution in [0.5, 0.6) is 5.75 Å². The van der Waals surface area contributed by atoms with Crippen molar-refractivity contribution >= 4 is 27.5 Å². The van der Waals surface area contributed by atoms with E-state index in [1.54, 1.807) is 19.2 Å². The highest BCUT2D eigenvalue weighted by molar-refractivity contribution is 9.10. The van der Waals surface area contributed by atoms with Crippen LogP contribution in [0.3, 0.4) is 0 Å². The molecule has 0 spiro atoms. The number of carbonyl (C=O) groups excluding carboxylic acids is 1. The van der Waals surface area contributed by atoms with E-state index in [-0.39, 0.29) is 11.7 Å². The minimum absolute atomic E-state index is 0.276. The van der Waals surface area contributed by atoms with E-state index in [4.69, 9.17) is 4.74 Å². The first-order valence-electron chi connectivity index (χ1n) is 5.92. The minimum atomic E-state index is -0.375. The van der Waals surface area contributed by atoms with Gasteiger partial charge >= 0.3 is 0 Å². The van der Waals surface area contributed by atoms with Crippen LogP contribution in [0.2, 0.25) is 0 Å². The molecule has 2 rings (SSSR count). The van der Waals surface area contributed by atoms with Gasteiger partial charge in [-0.3, -0.25) is 4.79 Å². The Kier molecular flexibility index (Phi) is 4.39. The Morgan fingerprint density at radius 1 is 1.25 bits per heavy atom. The van der Waals surface area contributed by atoms with Crippen LogP contribution in [0.1, 0.15) is 15.9 Å². The molecule has 1 N–H and O–H groups in total. The number of halogens is 2. The summed E-state index contributed by atoms with van der Waals surface area (Å²) < 4.78 is 18.6. The summed E-state index contributed by atoms with van der Waals surface area (Å²) in [4.78, 5) is 12.1. The summed E-state index contributed by atoms with van der Waals surface area (Å²) in [5.41, 5.74) is 1.95. The van der Waals surface area contributed by atoms with Gasteiger partial charge in [0.15, 0.2) is 0 Å². The van der Waals surface area contributed by atoms with E-state index in [1.807, 2.05) is 13.0 Å². The first-order valence-corrected chi connectivity index (χ1v) is 6.71. The van der Waals surface area contributed by atoms with Crippen molar-refractivity contribution in [1.82, 2.24) is 0 Å². The van der Waals surface area contributed by atoms with Crippen molar-refractivity contribution in [2.24, 2.45) is 0 Å². The number of anilines is 1. The minimum Gasteiger partial charge on any atom is -0.496 e. The third kappa shape index (κ3) is 3.17. The fourth-order valence-corrected chi connectivity index (χ4v) is 2.12. The highest BCUT2D eigenvalue weighted by Gasteiger charge is 2.10. The number of methoxy groups -OCH3 is 1. The van der Waals surface area contributed by atoms with Crippen LogP contribution in [-0.2, 0) is 0 Å². The zero-order valence-electron chi connectivity index (χ0n) is 11.0. The number of rotatable bonds is 3. The Bertz CT molecular complexity index is 658. The lowest BCUT2D eigenvalue weighted by molar-refractivity contribution is 0.102. The molecule has 0 aliphatic heterocycles. The van der Waals surface area contributed by atoms with E-state index in [0.717, 1.165) is 5.56 Å². The molecule has 0 heterocycles. The van der Waals surface area contributed by atoms with Gasteiger partial charge < -0.3 is 10.1 Å². The lowest BCUT2D eigenvalue weighted by atomic mass is 10.1. The van der Waals surface area contributed by atoms with Crippen molar-refractivity contribution in [3.63, 3.8) is 0 Å². The Morgan fingerprint density at radius 3 is 2.65 bits per heavy atom. The zero-order valence-corrected chi connectivity index (χ0v) is 12.6. The molecule has 104 valence electrons. The molecular formula is C15H13BrFNO2. The fraction of sp³-hybridized carbons (Fsp3) is 0.133. The molecule has 0 radical (unpaired) electrons. The molecule has 20 heavy (non-hydrogen) atoms. The third-order valence-electron chi connectivity index (χ3n) is 2.85. The zero-order chi connectivity index (χ0) is 14.7. The van der Waals surface area contributed by atoms with Crippen molar-refractivity contribution < 1.29 is 13.9 Å². The van der Waals surface area contributed by atoms with Crippen LogP contribution in [0.15, 0.2) is 40.9 Å². The van der Waals surface area contributed by atoms with E-state index in [9.17, 15) is 9.18 Å². The maximum absolute atomic E-state index is 13.1. The lowest BCUT2D eigenvalue weighted by Crippen LogP contribution is -2.12. The van der Waals surface area contributed by atoms with Gasteiger partial charge in [-0.15, -0.1) is 0 Å². The number of amides is 1. The van der Waals surface area contributed by atoms with Crippen LogP contribution < -0.4 is 10.1 Å². The summed E-state index contributed by atoms with van der Waals surface area (Å²) in [5, 5.41) is 2.71. The third-order valence-corrected chi connectivity index (χ3v) is 3.46. The largest absolute Gasteiger partial charge is 0.496 e. The molecule has 2 aromatic rings. The van der Waals surface area contributed by atoms with Crippen LogP contribution in [0.4, 0.5) is 10.1 Å². The van der Waals surface area contributed by atoms with Crippen LogP contribution in [-0.4, -0.2) is 13.0 Å². The molecule has 5 heteroatoms. The van der Waals surface area contributed by atoms with E-state index in [1.165, 1.54) is 18.2 Å². The topological polar surface area (TPSA) is 38.3 Å². The second kappa shape index (κ2) is 6.05. The van der Waals surface area contributed by atoms with Crippen molar-refractivity contribution in [3.05, 3.63) is 57.8 Å². The van der Waals surface area contributed by atoms with Gasteiger partial charge in [-0.05, 0) is 58.7 Å². The molecule has 0 atom stereocenters. The van der Waals surface area contributed by atoms with E-state index < -0.39 is 0 Å². The number of nitrogens with one attached hydrogen (secondary N) is 1. The second-order valence-electron chi connectivity index (χ2n) is 4.27. The highest BCUT2D eigenvalue weighted by Crippen LogP contribution is 2.22. The summed E-state index contributed by atoms with van der Waals surface area (Å²) in [6.07, 6.45) is 0. The summed E-state index contributed by atoms with van der Waals surface area (Å²) in [7, 11) is 1.56. The standard InChI is InChI=1S/C15H13BrFNO2/c1-9-3-4-10(7-14(9)20-2)15(19)18-11-5-6-13(17)12(16)8-11/h3-8H,1-2H3,(H,18,19). The predicted molar refractivity (Wildman–Crippen MR) is 79.8 cm³/mol. The van der Waals surface area contributed by atoms with Gasteiger partial charge in [-0.25, -0.2) is 4.39 Å². The van der Waals surface area contributed by atoms with E-state index in [2.05, 4.69) is 21.2 Å². The summed E-state index contributed by atoms with van der Waals surface area (Å²) in [5.74, 6) is -0.000232. The number of hydrogen-bond acceptors (Lipinski definition) is 2. The molecule has 0 saturated carbocycles. The molecule has 0 bridgehead atoms. The van der Waals surface area contributed by atoms with Gasteiger partial charge in [0, 0.05) is 11.3 Å². The molecular weight excluding hydrogens is 325 g/mol. The Labute approximate surface area is 124 Å². The van der Waals surface area contributed by atoms with Gasteiger partial charge in [-0.2, -0.15) is 0 Å².